The molecule has 0 aromatic carbocycles. The Morgan fingerprint density at radius 3 is 2.92 bits per heavy atom. The van der Waals surface area contributed by atoms with Crippen LogP contribution >= 0.6 is 0 Å². The monoisotopic (exact) mass is 182 g/mol. The molecule has 1 aromatic heterocycles. The summed E-state index contributed by atoms with van der Waals surface area (Å²) in [5.41, 5.74) is 6.86. The number of methoxy groups -OCH3 is 1. The average molecular weight is 182 g/mol. The number of nitrogens with two attached hydrogens (primary N) is 1. The second-order valence-electron chi connectivity index (χ2n) is 3.57. The summed E-state index contributed by atoms with van der Waals surface area (Å²) in [6.45, 7) is 0.643. The Kier molecular flexibility index (Phi) is 2.00. The molecule has 0 amide bonds. The SMILES string of the molecule is COc1oncc1C1(CN)CCC1. The minimum Gasteiger partial charge on any atom is -0.467 e. The third-order valence-corrected chi connectivity index (χ3v) is 3.00. The van der Waals surface area contributed by atoms with E-state index in [1.165, 1.54) is 6.42 Å². The molecule has 2 rings (SSSR count). The van der Waals surface area contributed by atoms with Crippen LogP contribution in [0.15, 0.2) is 10.7 Å². The standard InChI is InChI=1S/C9H14N2O2/c1-12-8-7(5-11-13-8)9(6-10)3-2-4-9/h5H,2-4,6,10H2,1H3. The fraction of sp³-hybridized carbons (Fsp3) is 0.667. The maximum atomic E-state index is 5.76. The van der Waals surface area contributed by atoms with E-state index < -0.39 is 0 Å². The van der Waals surface area contributed by atoms with E-state index in [2.05, 4.69) is 5.16 Å². The van der Waals surface area contributed by atoms with Crippen molar-refractivity contribution in [3.63, 3.8) is 0 Å². The molecule has 0 atom stereocenters. The highest BCUT2D eigenvalue weighted by molar-refractivity contribution is 5.32. The summed E-state index contributed by atoms with van der Waals surface area (Å²) in [6, 6.07) is 0. The quantitative estimate of drug-likeness (QED) is 0.759. The van der Waals surface area contributed by atoms with E-state index in [9.17, 15) is 0 Å². The molecule has 1 aliphatic carbocycles. The third-order valence-electron chi connectivity index (χ3n) is 3.00. The molecule has 1 aliphatic rings. The van der Waals surface area contributed by atoms with Crippen molar-refractivity contribution in [3.05, 3.63) is 11.8 Å². The van der Waals surface area contributed by atoms with Crippen LogP contribution in [0.1, 0.15) is 24.8 Å². The highest BCUT2D eigenvalue weighted by Gasteiger charge is 2.41. The predicted octanol–water partition coefficient (Wildman–Crippen LogP) is 1.06. The van der Waals surface area contributed by atoms with Crippen molar-refractivity contribution < 1.29 is 9.26 Å². The Balaban J connectivity index is 2.32. The summed E-state index contributed by atoms with van der Waals surface area (Å²) in [5.74, 6) is 0.519. The molecule has 1 fully saturated rings. The summed E-state index contributed by atoms with van der Waals surface area (Å²) in [4.78, 5) is 0. The summed E-state index contributed by atoms with van der Waals surface area (Å²) in [5, 5.41) is 3.73. The van der Waals surface area contributed by atoms with Crippen molar-refractivity contribution in [2.45, 2.75) is 24.7 Å². The van der Waals surface area contributed by atoms with Gasteiger partial charge in [0.05, 0.1) is 18.9 Å². The summed E-state index contributed by atoms with van der Waals surface area (Å²) >= 11 is 0. The highest BCUT2D eigenvalue weighted by Crippen LogP contribution is 2.46. The largest absolute Gasteiger partial charge is 0.467 e. The zero-order chi connectivity index (χ0) is 9.31. The Bertz CT molecular complexity index is 286. The number of hydrogen-bond acceptors (Lipinski definition) is 4. The van der Waals surface area contributed by atoms with Gasteiger partial charge in [-0.15, -0.1) is 0 Å². The lowest BCUT2D eigenvalue weighted by Crippen LogP contribution is -2.41. The van der Waals surface area contributed by atoms with Crippen LogP contribution in [0.3, 0.4) is 0 Å². The van der Waals surface area contributed by atoms with Gasteiger partial charge >= 0.3 is 5.95 Å². The molecule has 1 aromatic rings. The first-order chi connectivity index (χ1) is 6.32. The molecule has 0 aliphatic heterocycles. The molecule has 1 saturated carbocycles. The lowest BCUT2D eigenvalue weighted by molar-refractivity contribution is 0.218. The number of ether oxygens (including phenoxy) is 1. The maximum Gasteiger partial charge on any atom is 0.314 e. The lowest BCUT2D eigenvalue weighted by Gasteiger charge is -2.39. The van der Waals surface area contributed by atoms with Crippen LogP contribution in [0.2, 0.25) is 0 Å². The van der Waals surface area contributed by atoms with Gasteiger partial charge < -0.3 is 15.0 Å². The minimum atomic E-state index is 0.0747. The summed E-state index contributed by atoms with van der Waals surface area (Å²) in [6.07, 6.45) is 5.18. The topological polar surface area (TPSA) is 61.3 Å². The van der Waals surface area contributed by atoms with Gasteiger partial charge in [0.2, 0.25) is 0 Å². The second kappa shape index (κ2) is 3.03. The molecular weight excluding hydrogens is 168 g/mol. The van der Waals surface area contributed by atoms with E-state index in [-0.39, 0.29) is 5.41 Å². The van der Waals surface area contributed by atoms with Crippen molar-refractivity contribution in [1.29, 1.82) is 0 Å². The molecule has 0 saturated heterocycles. The van der Waals surface area contributed by atoms with E-state index in [4.69, 9.17) is 15.0 Å². The molecule has 4 heteroatoms. The van der Waals surface area contributed by atoms with Crippen molar-refractivity contribution in [2.24, 2.45) is 5.73 Å². The zero-order valence-electron chi connectivity index (χ0n) is 7.75. The zero-order valence-corrected chi connectivity index (χ0v) is 7.75. The lowest BCUT2D eigenvalue weighted by atomic mass is 9.65. The average Bonchev–Trinajstić information content (AvgIpc) is 2.52. The highest BCUT2D eigenvalue weighted by atomic mass is 16.6. The number of aromatic nitrogens is 1. The van der Waals surface area contributed by atoms with Crippen LogP contribution in [0, 0.1) is 0 Å². The van der Waals surface area contributed by atoms with E-state index in [1.807, 2.05) is 0 Å². The van der Waals surface area contributed by atoms with Crippen LogP contribution in [0.5, 0.6) is 5.95 Å². The Morgan fingerprint density at radius 1 is 1.69 bits per heavy atom. The van der Waals surface area contributed by atoms with E-state index in [0.29, 0.717) is 12.5 Å². The molecule has 72 valence electrons. The molecule has 0 spiro atoms. The van der Waals surface area contributed by atoms with Crippen LogP contribution in [-0.4, -0.2) is 18.8 Å². The van der Waals surface area contributed by atoms with Crippen LogP contribution in [-0.2, 0) is 5.41 Å². The Labute approximate surface area is 77.0 Å². The molecular formula is C9H14N2O2. The van der Waals surface area contributed by atoms with Gasteiger partial charge in [0.25, 0.3) is 0 Å². The van der Waals surface area contributed by atoms with Crippen LogP contribution < -0.4 is 10.5 Å². The van der Waals surface area contributed by atoms with E-state index >= 15 is 0 Å². The van der Waals surface area contributed by atoms with Crippen molar-refractivity contribution in [1.82, 2.24) is 5.16 Å². The third kappa shape index (κ3) is 1.13. The first-order valence-electron chi connectivity index (χ1n) is 4.51. The Morgan fingerprint density at radius 2 is 2.46 bits per heavy atom. The Hall–Kier alpha value is -1.03. The predicted molar refractivity (Wildman–Crippen MR) is 47.6 cm³/mol. The van der Waals surface area contributed by atoms with E-state index in [1.54, 1.807) is 13.3 Å². The molecule has 0 unspecified atom stereocenters. The molecule has 13 heavy (non-hydrogen) atoms. The number of nitrogens with zero attached hydrogens (tertiary/aromatic N) is 1. The summed E-state index contributed by atoms with van der Waals surface area (Å²) < 4.78 is 10.1. The fourth-order valence-corrected chi connectivity index (χ4v) is 1.92. The number of hydrogen-bond donors (Lipinski definition) is 1. The second-order valence-corrected chi connectivity index (χ2v) is 3.57. The number of rotatable bonds is 3. The fourth-order valence-electron chi connectivity index (χ4n) is 1.92. The van der Waals surface area contributed by atoms with Crippen molar-refractivity contribution >= 4 is 0 Å². The molecule has 1 heterocycles. The van der Waals surface area contributed by atoms with Crippen LogP contribution in [0.25, 0.3) is 0 Å². The van der Waals surface area contributed by atoms with Gasteiger partial charge in [-0.1, -0.05) is 11.6 Å². The normalized spacial score (nSPS) is 19.5. The van der Waals surface area contributed by atoms with Gasteiger partial charge in [-0.25, -0.2) is 0 Å². The minimum absolute atomic E-state index is 0.0747. The van der Waals surface area contributed by atoms with Crippen molar-refractivity contribution in [2.75, 3.05) is 13.7 Å². The maximum absolute atomic E-state index is 5.76. The summed E-state index contributed by atoms with van der Waals surface area (Å²) in [7, 11) is 1.59. The molecule has 0 radical (unpaired) electrons. The van der Waals surface area contributed by atoms with Gasteiger partial charge in [-0.3, -0.25) is 0 Å². The van der Waals surface area contributed by atoms with Gasteiger partial charge in [0.1, 0.15) is 0 Å². The first kappa shape index (κ1) is 8.56. The van der Waals surface area contributed by atoms with Crippen molar-refractivity contribution in [3.8, 4) is 5.95 Å². The van der Waals surface area contributed by atoms with Gasteiger partial charge in [-0.2, -0.15) is 0 Å². The molecule has 2 N–H and O–H groups in total. The van der Waals surface area contributed by atoms with Gasteiger partial charge in [-0.05, 0) is 12.8 Å². The van der Waals surface area contributed by atoms with Gasteiger partial charge in [0, 0.05) is 12.0 Å². The smallest absolute Gasteiger partial charge is 0.314 e. The van der Waals surface area contributed by atoms with E-state index in [0.717, 1.165) is 18.4 Å². The molecule has 4 nitrogen and oxygen atoms in total. The van der Waals surface area contributed by atoms with Crippen LogP contribution in [0.4, 0.5) is 0 Å². The molecule has 0 bridgehead atoms. The van der Waals surface area contributed by atoms with Gasteiger partial charge in [0.15, 0.2) is 0 Å². The first-order valence-corrected chi connectivity index (χ1v) is 4.51.